The molecule has 0 radical (unpaired) electrons. The second-order valence-electron chi connectivity index (χ2n) is 21.8. The summed E-state index contributed by atoms with van der Waals surface area (Å²) < 4.78 is 35.8. The number of Topliss-reactive ketones (excluding diaryl/α,β-unsaturated/α-hetero) is 2. The summed E-state index contributed by atoms with van der Waals surface area (Å²) in [5, 5.41) is 25.0. The number of nitrogens with zero attached hydrogens (tertiary/aromatic N) is 2. The molecule has 340 valence electrons. The maximum absolute atomic E-state index is 13.5. The Kier molecular flexibility index (Phi) is 8.42. The Labute approximate surface area is 372 Å². The molecule has 0 aromatic heterocycles. The van der Waals surface area contributed by atoms with Crippen LogP contribution >= 0.6 is 0 Å². The maximum Gasteiger partial charge on any atom is 0.513 e. The van der Waals surface area contributed by atoms with Crippen molar-refractivity contribution in [2.45, 2.75) is 156 Å². The molecule has 11 aliphatic rings. The van der Waals surface area contributed by atoms with Crippen LogP contribution in [0.3, 0.4) is 0 Å². The minimum absolute atomic E-state index is 0.00581. The Hall–Kier alpha value is -4.24. The first-order valence-corrected chi connectivity index (χ1v) is 24.2. The molecule has 3 spiro atoms. The number of aliphatic hydroxyl groups is 2. The number of carbonyl (C=O) groups excluding carboxylic acids is 4. The third kappa shape index (κ3) is 5.17. The van der Waals surface area contributed by atoms with Gasteiger partial charge in [0.2, 0.25) is 0 Å². The van der Waals surface area contributed by atoms with Crippen molar-refractivity contribution in [1.29, 1.82) is 0 Å². The van der Waals surface area contributed by atoms with Gasteiger partial charge >= 0.3 is 12.3 Å². The minimum atomic E-state index is -1.18. The minimum Gasteiger partial charge on any atom is -0.477 e. The number of ether oxygens (including phenoxy) is 6. The van der Waals surface area contributed by atoms with Crippen molar-refractivity contribution in [3.05, 3.63) is 46.5 Å². The molecule has 14 heteroatoms. The average Bonchev–Trinajstić information content (AvgIpc) is 4.24. The Morgan fingerprint density at radius 1 is 0.703 bits per heavy atom. The van der Waals surface area contributed by atoms with E-state index in [-0.39, 0.29) is 78.6 Å². The summed E-state index contributed by atoms with van der Waals surface area (Å²) >= 11 is 0. The molecule has 13 rings (SSSR count). The first-order chi connectivity index (χ1) is 30.8. The van der Waals surface area contributed by atoms with Gasteiger partial charge in [0.15, 0.2) is 46.8 Å². The van der Waals surface area contributed by atoms with Crippen LogP contribution in [0.4, 0.5) is 9.59 Å². The highest BCUT2D eigenvalue weighted by atomic mass is 16.7. The molecular weight excluding hydrogens is 821 g/mol. The fourth-order valence-corrected chi connectivity index (χ4v) is 15.1. The Morgan fingerprint density at radius 2 is 1.25 bits per heavy atom. The van der Waals surface area contributed by atoms with E-state index in [9.17, 15) is 29.4 Å². The molecule has 10 atom stereocenters. The first kappa shape index (κ1) is 40.1. The van der Waals surface area contributed by atoms with E-state index in [0.29, 0.717) is 49.0 Å². The van der Waals surface area contributed by atoms with Crippen molar-refractivity contribution in [2.75, 3.05) is 32.8 Å². The summed E-state index contributed by atoms with van der Waals surface area (Å²) in [6.07, 6.45) is 7.17. The zero-order chi connectivity index (χ0) is 43.7. The number of hydrogen-bond donors (Lipinski definition) is 2. The van der Waals surface area contributed by atoms with Crippen molar-refractivity contribution in [3.8, 4) is 23.0 Å². The molecule has 7 aliphatic carbocycles. The van der Waals surface area contributed by atoms with Crippen LogP contribution in [0.2, 0.25) is 0 Å². The van der Waals surface area contributed by atoms with Gasteiger partial charge in [-0.3, -0.25) is 19.4 Å². The molecule has 2 aromatic rings. The van der Waals surface area contributed by atoms with Gasteiger partial charge in [-0.1, -0.05) is 12.1 Å². The van der Waals surface area contributed by atoms with Gasteiger partial charge in [-0.15, -0.1) is 0 Å². The van der Waals surface area contributed by atoms with Crippen LogP contribution in [0.15, 0.2) is 24.3 Å². The van der Waals surface area contributed by atoms with Crippen LogP contribution in [0.5, 0.6) is 23.0 Å². The van der Waals surface area contributed by atoms with Gasteiger partial charge < -0.3 is 38.6 Å². The van der Waals surface area contributed by atoms with Gasteiger partial charge in [-0.2, -0.15) is 0 Å². The fraction of sp³-hybridized carbons (Fsp3) is 0.680. The maximum atomic E-state index is 13.5. The highest BCUT2D eigenvalue weighted by molar-refractivity contribution is 5.92. The quantitative estimate of drug-likeness (QED) is 0.164. The summed E-state index contributed by atoms with van der Waals surface area (Å²) in [6, 6.07) is 7.15. The van der Waals surface area contributed by atoms with Gasteiger partial charge in [0.25, 0.3) is 0 Å². The number of aryl methyl sites for hydroxylation is 1. The van der Waals surface area contributed by atoms with Crippen LogP contribution in [0, 0.1) is 30.6 Å². The van der Waals surface area contributed by atoms with E-state index in [1.807, 2.05) is 19.1 Å². The number of fused-ring (bicyclic) bond motifs is 2. The fourth-order valence-electron chi connectivity index (χ4n) is 15.1. The number of benzene rings is 2. The molecule has 0 amide bonds. The van der Waals surface area contributed by atoms with Crippen LogP contribution in [-0.2, 0) is 35.4 Å². The molecule has 8 fully saturated rings. The molecule has 4 unspecified atom stereocenters. The molecular formula is C50H58N2O12. The van der Waals surface area contributed by atoms with Crippen LogP contribution in [0.25, 0.3) is 0 Å². The third-order valence-corrected chi connectivity index (χ3v) is 18.6. The van der Waals surface area contributed by atoms with Crippen molar-refractivity contribution >= 4 is 23.9 Å². The third-order valence-electron chi connectivity index (χ3n) is 18.6. The molecule has 14 nitrogen and oxygen atoms in total. The summed E-state index contributed by atoms with van der Waals surface area (Å²) in [7, 11) is 0. The zero-order valence-electron chi connectivity index (χ0n) is 36.7. The van der Waals surface area contributed by atoms with Crippen molar-refractivity contribution in [1.82, 2.24) is 9.80 Å². The van der Waals surface area contributed by atoms with Gasteiger partial charge in [0.1, 0.15) is 0 Å². The van der Waals surface area contributed by atoms with Gasteiger partial charge in [-0.05, 0) is 144 Å². The molecule has 6 saturated carbocycles. The van der Waals surface area contributed by atoms with E-state index in [1.54, 1.807) is 12.1 Å². The monoisotopic (exact) mass is 878 g/mol. The second-order valence-corrected chi connectivity index (χ2v) is 21.8. The normalized spacial score (nSPS) is 41.5. The topological polar surface area (TPSA) is 170 Å². The lowest BCUT2D eigenvalue weighted by Gasteiger charge is -2.59. The van der Waals surface area contributed by atoms with E-state index >= 15 is 0 Å². The smallest absolute Gasteiger partial charge is 0.477 e. The molecule has 4 heterocycles. The Morgan fingerprint density at radius 3 is 1.88 bits per heavy atom. The molecule has 2 saturated heterocycles. The first-order valence-electron chi connectivity index (χ1n) is 24.2. The van der Waals surface area contributed by atoms with Crippen molar-refractivity contribution in [3.63, 3.8) is 0 Å². The van der Waals surface area contributed by atoms with Crippen LogP contribution in [-0.4, -0.2) is 112 Å². The number of piperidine rings is 2. The predicted octanol–water partition coefficient (Wildman–Crippen LogP) is 5.93. The summed E-state index contributed by atoms with van der Waals surface area (Å²) in [4.78, 5) is 58.2. The molecule has 64 heavy (non-hydrogen) atoms. The van der Waals surface area contributed by atoms with Gasteiger partial charge in [-0.25, -0.2) is 9.59 Å². The van der Waals surface area contributed by atoms with E-state index in [4.69, 9.17) is 28.4 Å². The van der Waals surface area contributed by atoms with Crippen molar-refractivity contribution in [2.24, 2.45) is 23.7 Å². The standard InChI is InChI=1S/C50H58N2O12/c1-26-3-13-35(39-37(26)46-19-20-51(21-28-4-5-28)27(2)49(46,57)17-15-33(53)41(46)63-39)61-44(55)59-23-30-8-10-31(11-9-30)24-60-45(56)62-36-14-12-32-38-40(36)64-42-34(54)16-18-50(58)43-48(32,25-47(38,42)50)52(43)22-29-6-7-29/h3,12-14,27-31,41-43,57-58H,4-11,15-25H2,1-2H3/t27?,30?,31?,41-,42-,43?,46-,47-,48?,49+,50+,52?/m0/s1. The highest BCUT2D eigenvalue weighted by Gasteiger charge is 2.92. The van der Waals surface area contributed by atoms with E-state index in [2.05, 4.69) is 16.7 Å². The molecule has 2 bridgehead atoms. The molecule has 2 N–H and O–H groups in total. The Balaban J connectivity index is 0.623. The predicted molar refractivity (Wildman–Crippen MR) is 225 cm³/mol. The number of carbonyl (C=O) groups is 4. The molecule has 2 aromatic carbocycles. The summed E-state index contributed by atoms with van der Waals surface area (Å²) in [6.45, 7) is 7.07. The number of ketones is 2. The average molecular weight is 879 g/mol. The molecule has 4 aliphatic heterocycles. The Bertz CT molecular complexity index is 2410. The van der Waals surface area contributed by atoms with Crippen molar-refractivity contribution < 1.29 is 57.8 Å². The summed E-state index contributed by atoms with van der Waals surface area (Å²) in [5.74, 6) is 2.67. The largest absolute Gasteiger partial charge is 0.513 e. The van der Waals surface area contributed by atoms with Crippen LogP contribution < -0.4 is 18.9 Å². The van der Waals surface area contributed by atoms with Gasteiger partial charge in [0.05, 0.1) is 46.8 Å². The summed E-state index contributed by atoms with van der Waals surface area (Å²) in [5.41, 5.74) is -0.636. The van der Waals surface area contributed by atoms with E-state index in [1.165, 1.54) is 25.7 Å². The lowest BCUT2D eigenvalue weighted by Crippen LogP contribution is -2.74. The lowest BCUT2D eigenvalue weighted by molar-refractivity contribution is -0.181. The van der Waals surface area contributed by atoms with Crippen LogP contribution in [0.1, 0.15) is 119 Å². The zero-order valence-corrected chi connectivity index (χ0v) is 36.7. The van der Waals surface area contributed by atoms with E-state index in [0.717, 1.165) is 67.6 Å². The number of hydrogen-bond acceptors (Lipinski definition) is 14. The number of likely N-dealkylation sites (tertiary alicyclic amines) is 2. The van der Waals surface area contributed by atoms with Gasteiger partial charge in [0, 0.05) is 43.1 Å². The number of rotatable bonds is 10. The highest BCUT2D eigenvalue weighted by Crippen LogP contribution is 2.82. The second kappa shape index (κ2) is 13.4. The lowest BCUT2D eigenvalue weighted by atomic mass is 9.52. The van der Waals surface area contributed by atoms with E-state index < -0.39 is 46.6 Å². The SMILES string of the molecule is Cc1ccc(OC(=O)OCC2CCC(COC(=O)Oc3ccc4c5c3O[C@H]3C(=O)CC[C@@]6(O)C7N(CC8CC8)C47C[C@]536)CC2)c2c1[C@]13CCN(CC4CC4)C(C)[C@]1(O)CCC(=O)[C@@H]3O2.